The molecule has 4 nitrogen and oxygen atoms in total. The highest BCUT2D eigenvalue weighted by Gasteiger charge is 2.04. The molecule has 1 N–H and O–H groups in total. The quantitative estimate of drug-likeness (QED) is 0.636. The minimum Gasteiger partial charge on any atom is -0.493 e. The SMILES string of the molecule is CC=Cc1ccc(OCCCCNCCOC)c(OC)c1. The molecule has 0 aliphatic rings. The van der Waals surface area contributed by atoms with E-state index in [2.05, 4.69) is 5.32 Å². The van der Waals surface area contributed by atoms with Crippen LogP contribution in [0.1, 0.15) is 25.3 Å². The molecular weight excluding hydrogens is 266 g/mol. The van der Waals surface area contributed by atoms with Crippen LogP contribution < -0.4 is 14.8 Å². The molecule has 0 aliphatic carbocycles. The number of allylic oxidation sites excluding steroid dienone is 1. The highest BCUT2D eigenvalue weighted by atomic mass is 16.5. The van der Waals surface area contributed by atoms with Crippen molar-refractivity contribution < 1.29 is 14.2 Å². The van der Waals surface area contributed by atoms with Crippen LogP contribution in [0.3, 0.4) is 0 Å². The highest BCUT2D eigenvalue weighted by Crippen LogP contribution is 2.28. The molecule has 1 aromatic carbocycles. The predicted molar refractivity (Wildman–Crippen MR) is 87.2 cm³/mol. The fourth-order valence-corrected chi connectivity index (χ4v) is 1.93. The Labute approximate surface area is 128 Å². The van der Waals surface area contributed by atoms with Crippen LogP contribution in [0.25, 0.3) is 6.08 Å². The molecular formula is C17H27NO3. The second-order valence-corrected chi connectivity index (χ2v) is 4.71. The minimum absolute atomic E-state index is 0.700. The third-order valence-electron chi connectivity index (χ3n) is 3.04. The molecule has 0 fully saturated rings. The van der Waals surface area contributed by atoms with Crippen molar-refractivity contribution in [3.05, 3.63) is 29.8 Å². The minimum atomic E-state index is 0.700. The Morgan fingerprint density at radius 1 is 1.05 bits per heavy atom. The van der Waals surface area contributed by atoms with E-state index in [-0.39, 0.29) is 0 Å². The smallest absolute Gasteiger partial charge is 0.161 e. The van der Waals surface area contributed by atoms with Gasteiger partial charge in [-0.25, -0.2) is 0 Å². The molecule has 4 heteroatoms. The zero-order valence-corrected chi connectivity index (χ0v) is 13.4. The summed E-state index contributed by atoms with van der Waals surface area (Å²) >= 11 is 0. The van der Waals surface area contributed by atoms with E-state index in [1.807, 2.05) is 37.3 Å². The maximum atomic E-state index is 5.79. The number of hydrogen-bond acceptors (Lipinski definition) is 4. The zero-order chi connectivity index (χ0) is 15.3. The Bertz CT molecular complexity index is 418. The van der Waals surface area contributed by atoms with Crippen molar-refractivity contribution >= 4 is 6.08 Å². The fourth-order valence-electron chi connectivity index (χ4n) is 1.93. The molecule has 0 heterocycles. The maximum Gasteiger partial charge on any atom is 0.161 e. The average molecular weight is 293 g/mol. The number of benzene rings is 1. The number of rotatable bonds is 11. The first-order valence-corrected chi connectivity index (χ1v) is 7.45. The topological polar surface area (TPSA) is 39.7 Å². The van der Waals surface area contributed by atoms with Gasteiger partial charge in [0, 0.05) is 13.7 Å². The average Bonchev–Trinajstić information content (AvgIpc) is 2.51. The monoisotopic (exact) mass is 293 g/mol. The molecule has 0 bridgehead atoms. The molecule has 0 saturated heterocycles. The lowest BCUT2D eigenvalue weighted by Gasteiger charge is -2.11. The number of ether oxygens (including phenoxy) is 3. The normalized spacial score (nSPS) is 11.0. The van der Waals surface area contributed by atoms with Gasteiger partial charge in [0.05, 0.1) is 20.3 Å². The first-order valence-electron chi connectivity index (χ1n) is 7.45. The second-order valence-electron chi connectivity index (χ2n) is 4.71. The van der Waals surface area contributed by atoms with Crippen LogP contribution in [0.5, 0.6) is 11.5 Å². The van der Waals surface area contributed by atoms with Gasteiger partial charge < -0.3 is 19.5 Å². The van der Waals surface area contributed by atoms with E-state index in [0.717, 1.165) is 49.6 Å². The molecule has 0 radical (unpaired) electrons. The van der Waals surface area contributed by atoms with Crippen molar-refractivity contribution in [2.75, 3.05) is 40.5 Å². The van der Waals surface area contributed by atoms with Gasteiger partial charge in [0.1, 0.15) is 0 Å². The van der Waals surface area contributed by atoms with Crippen LogP contribution in [-0.4, -0.2) is 40.5 Å². The van der Waals surface area contributed by atoms with E-state index < -0.39 is 0 Å². The molecule has 1 rings (SSSR count). The Hall–Kier alpha value is -1.52. The van der Waals surface area contributed by atoms with Crippen LogP contribution in [0.4, 0.5) is 0 Å². The first kappa shape index (κ1) is 17.5. The number of hydrogen-bond donors (Lipinski definition) is 1. The van der Waals surface area contributed by atoms with Crippen LogP contribution in [0.15, 0.2) is 24.3 Å². The van der Waals surface area contributed by atoms with Gasteiger partial charge in [0.15, 0.2) is 11.5 Å². The molecule has 1 aromatic rings. The third kappa shape index (κ3) is 7.16. The van der Waals surface area contributed by atoms with Gasteiger partial charge in [-0.15, -0.1) is 0 Å². The standard InChI is InChI=1S/C17H27NO3/c1-4-7-15-8-9-16(17(14-15)20-3)21-12-6-5-10-18-11-13-19-2/h4,7-9,14,18H,5-6,10-13H2,1-3H3. The van der Waals surface area contributed by atoms with Crippen molar-refractivity contribution in [1.82, 2.24) is 5.32 Å². The van der Waals surface area contributed by atoms with Crippen molar-refractivity contribution in [2.45, 2.75) is 19.8 Å². The van der Waals surface area contributed by atoms with Gasteiger partial charge in [-0.3, -0.25) is 0 Å². The summed E-state index contributed by atoms with van der Waals surface area (Å²) in [6.07, 6.45) is 6.15. The summed E-state index contributed by atoms with van der Waals surface area (Å²) < 4.78 is 16.1. The van der Waals surface area contributed by atoms with E-state index in [1.54, 1.807) is 14.2 Å². The molecule has 0 amide bonds. The molecule has 118 valence electrons. The summed E-state index contributed by atoms with van der Waals surface area (Å²) in [7, 11) is 3.38. The Balaban J connectivity index is 2.28. The number of nitrogens with one attached hydrogen (secondary N) is 1. The van der Waals surface area contributed by atoms with Crippen molar-refractivity contribution in [2.24, 2.45) is 0 Å². The van der Waals surface area contributed by atoms with E-state index in [9.17, 15) is 0 Å². The highest BCUT2D eigenvalue weighted by molar-refractivity contribution is 5.55. The van der Waals surface area contributed by atoms with Crippen molar-refractivity contribution in [3.8, 4) is 11.5 Å². The van der Waals surface area contributed by atoms with Gasteiger partial charge >= 0.3 is 0 Å². The largest absolute Gasteiger partial charge is 0.493 e. The molecule has 0 unspecified atom stereocenters. The van der Waals surface area contributed by atoms with E-state index in [0.29, 0.717) is 6.61 Å². The Morgan fingerprint density at radius 3 is 2.62 bits per heavy atom. The van der Waals surface area contributed by atoms with Crippen molar-refractivity contribution in [3.63, 3.8) is 0 Å². The van der Waals surface area contributed by atoms with Crippen LogP contribution in [0.2, 0.25) is 0 Å². The van der Waals surface area contributed by atoms with Gasteiger partial charge in [-0.2, -0.15) is 0 Å². The Morgan fingerprint density at radius 2 is 1.90 bits per heavy atom. The summed E-state index contributed by atoms with van der Waals surface area (Å²) in [5.41, 5.74) is 1.11. The first-order chi connectivity index (χ1) is 10.3. The summed E-state index contributed by atoms with van der Waals surface area (Å²) in [5, 5.41) is 3.32. The second kappa shape index (κ2) is 11.2. The molecule has 21 heavy (non-hydrogen) atoms. The van der Waals surface area contributed by atoms with E-state index in [4.69, 9.17) is 14.2 Å². The molecule has 0 spiro atoms. The lowest BCUT2D eigenvalue weighted by Crippen LogP contribution is -2.20. The van der Waals surface area contributed by atoms with E-state index in [1.165, 1.54) is 0 Å². The summed E-state index contributed by atoms with van der Waals surface area (Å²) in [5.74, 6) is 1.59. The Kier molecular flexibility index (Phi) is 9.33. The molecule has 0 aliphatic heterocycles. The summed E-state index contributed by atoms with van der Waals surface area (Å²) in [4.78, 5) is 0. The predicted octanol–water partition coefficient (Wildman–Crippen LogP) is 3.12. The lowest BCUT2D eigenvalue weighted by molar-refractivity contribution is 0.199. The van der Waals surface area contributed by atoms with Crippen LogP contribution >= 0.6 is 0 Å². The summed E-state index contributed by atoms with van der Waals surface area (Å²) in [6.45, 7) is 5.34. The van der Waals surface area contributed by atoms with Gasteiger partial charge in [-0.05, 0) is 44.0 Å². The zero-order valence-electron chi connectivity index (χ0n) is 13.4. The molecule has 0 saturated carbocycles. The van der Waals surface area contributed by atoms with Crippen LogP contribution in [0, 0.1) is 0 Å². The fraction of sp³-hybridized carbons (Fsp3) is 0.529. The number of unbranched alkanes of at least 4 members (excludes halogenated alkanes) is 1. The van der Waals surface area contributed by atoms with Gasteiger partial charge in [-0.1, -0.05) is 18.2 Å². The third-order valence-corrected chi connectivity index (χ3v) is 3.04. The summed E-state index contributed by atoms with van der Waals surface area (Å²) in [6, 6.07) is 5.98. The maximum absolute atomic E-state index is 5.79. The van der Waals surface area contributed by atoms with Gasteiger partial charge in [0.25, 0.3) is 0 Å². The molecule has 0 aromatic heterocycles. The van der Waals surface area contributed by atoms with Crippen LogP contribution in [-0.2, 0) is 4.74 Å². The number of methoxy groups -OCH3 is 2. The lowest BCUT2D eigenvalue weighted by atomic mass is 10.2. The van der Waals surface area contributed by atoms with E-state index >= 15 is 0 Å². The molecule has 0 atom stereocenters. The van der Waals surface area contributed by atoms with Gasteiger partial charge in [0.2, 0.25) is 0 Å². The van der Waals surface area contributed by atoms with Crippen molar-refractivity contribution in [1.29, 1.82) is 0 Å².